The molecule has 1 aromatic heterocycles. The lowest BCUT2D eigenvalue weighted by Crippen LogP contribution is -1.91. The van der Waals surface area contributed by atoms with Crippen molar-refractivity contribution in [3.8, 4) is 23.3 Å². The fourth-order valence-corrected chi connectivity index (χ4v) is 2.86. The van der Waals surface area contributed by atoms with Gasteiger partial charge in [-0.2, -0.15) is 10.5 Å². The smallest absolute Gasteiger partial charge is 0.158 e. The van der Waals surface area contributed by atoms with Crippen molar-refractivity contribution < 1.29 is 8.81 Å². The van der Waals surface area contributed by atoms with Gasteiger partial charge in [0.2, 0.25) is 0 Å². The van der Waals surface area contributed by atoms with Crippen LogP contribution in [0.4, 0.5) is 4.39 Å². The van der Waals surface area contributed by atoms with Gasteiger partial charge < -0.3 is 4.42 Å². The van der Waals surface area contributed by atoms with Crippen molar-refractivity contribution in [1.82, 2.24) is 0 Å². The molecule has 0 spiro atoms. The summed E-state index contributed by atoms with van der Waals surface area (Å²) in [5.74, 6) is -0.784. The van der Waals surface area contributed by atoms with Gasteiger partial charge in [0.15, 0.2) is 5.82 Å². The van der Waals surface area contributed by atoms with E-state index in [1.807, 2.05) is 56.3 Å². The molecular weight excluding hydrogens is 327 g/mol. The minimum Gasteiger partial charge on any atom is -0.456 e. The first-order valence-corrected chi connectivity index (χ1v) is 8.26. The molecule has 4 aromatic rings. The van der Waals surface area contributed by atoms with Crippen LogP contribution in [0.5, 0.6) is 0 Å². The van der Waals surface area contributed by atoms with Crippen molar-refractivity contribution in [3.63, 3.8) is 0 Å². The number of para-hydroxylation sites is 1. The van der Waals surface area contributed by atoms with Crippen LogP contribution in [0.2, 0.25) is 0 Å². The molecule has 26 heavy (non-hydrogen) atoms. The zero-order chi connectivity index (χ0) is 18.7. The van der Waals surface area contributed by atoms with Crippen LogP contribution in [0.15, 0.2) is 59.0 Å². The predicted octanol–water partition coefficient (Wildman–Crippen LogP) is 6.16. The number of nitriles is 2. The van der Waals surface area contributed by atoms with Crippen molar-refractivity contribution in [2.45, 2.75) is 13.8 Å². The van der Waals surface area contributed by atoms with E-state index in [1.165, 1.54) is 12.1 Å². The van der Waals surface area contributed by atoms with E-state index in [0.29, 0.717) is 11.1 Å². The van der Waals surface area contributed by atoms with Crippen LogP contribution in [-0.4, -0.2) is 0 Å². The molecule has 0 aliphatic rings. The second-order valence-electron chi connectivity index (χ2n) is 5.42. The third-order valence-electron chi connectivity index (χ3n) is 4.03. The Kier molecular flexibility index (Phi) is 4.69. The second-order valence-corrected chi connectivity index (χ2v) is 5.42. The van der Waals surface area contributed by atoms with Gasteiger partial charge in [-0.3, -0.25) is 0 Å². The molecular formula is C22H15FN2O. The molecule has 4 rings (SSSR count). The topological polar surface area (TPSA) is 60.7 Å². The number of hydrogen-bond acceptors (Lipinski definition) is 3. The Labute approximate surface area is 150 Å². The highest BCUT2D eigenvalue weighted by molar-refractivity contribution is 6.05. The van der Waals surface area contributed by atoms with Gasteiger partial charge in [0.05, 0.1) is 11.1 Å². The van der Waals surface area contributed by atoms with Crippen LogP contribution in [0.3, 0.4) is 0 Å². The maximum Gasteiger partial charge on any atom is 0.158 e. The van der Waals surface area contributed by atoms with Gasteiger partial charge in [0.25, 0.3) is 0 Å². The van der Waals surface area contributed by atoms with E-state index in [2.05, 4.69) is 0 Å². The molecule has 3 nitrogen and oxygen atoms in total. The number of hydrogen-bond donors (Lipinski definition) is 0. The summed E-state index contributed by atoms with van der Waals surface area (Å²) < 4.78 is 19.7. The molecule has 0 aliphatic heterocycles. The Morgan fingerprint density at radius 2 is 1.38 bits per heavy atom. The second kappa shape index (κ2) is 7.09. The Morgan fingerprint density at radius 1 is 0.769 bits per heavy atom. The first-order chi connectivity index (χ1) is 12.7. The molecule has 0 saturated heterocycles. The summed E-state index contributed by atoms with van der Waals surface area (Å²) in [5, 5.41) is 20.1. The summed E-state index contributed by atoms with van der Waals surface area (Å²) in [6.45, 7) is 4.00. The van der Waals surface area contributed by atoms with Crippen LogP contribution in [0.1, 0.15) is 25.0 Å². The molecule has 0 unspecified atom stereocenters. The molecule has 0 fully saturated rings. The number of nitrogens with zero attached hydrogens (tertiary/aromatic N) is 2. The number of halogens is 1. The maximum absolute atomic E-state index is 13.9. The monoisotopic (exact) mass is 342 g/mol. The lowest BCUT2D eigenvalue weighted by molar-refractivity contribution is 0.620. The van der Waals surface area contributed by atoms with Crippen LogP contribution >= 0.6 is 0 Å². The number of furan rings is 1. The molecule has 0 saturated carbocycles. The largest absolute Gasteiger partial charge is 0.456 e. The van der Waals surface area contributed by atoms with Crippen molar-refractivity contribution in [1.29, 1.82) is 10.5 Å². The van der Waals surface area contributed by atoms with Crippen molar-refractivity contribution in [3.05, 3.63) is 71.5 Å². The summed E-state index contributed by atoms with van der Waals surface area (Å²) in [4.78, 5) is 0. The summed E-state index contributed by atoms with van der Waals surface area (Å²) in [7, 11) is 0. The first-order valence-electron chi connectivity index (χ1n) is 8.26. The van der Waals surface area contributed by atoms with Gasteiger partial charge in [-0.1, -0.05) is 38.1 Å². The van der Waals surface area contributed by atoms with Crippen LogP contribution < -0.4 is 0 Å². The van der Waals surface area contributed by atoms with Gasteiger partial charge in [-0.05, 0) is 41.5 Å². The van der Waals surface area contributed by atoms with E-state index < -0.39 is 5.82 Å². The molecule has 1 heterocycles. The quantitative estimate of drug-likeness (QED) is 0.416. The van der Waals surface area contributed by atoms with Crippen LogP contribution in [0, 0.1) is 28.5 Å². The summed E-state index contributed by atoms with van der Waals surface area (Å²) in [6.07, 6.45) is 0. The minimum atomic E-state index is -0.784. The lowest BCUT2D eigenvalue weighted by Gasteiger charge is -2.05. The molecule has 0 aliphatic carbocycles. The van der Waals surface area contributed by atoms with Gasteiger partial charge in [-0.15, -0.1) is 0 Å². The molecule has 0 amide bonds. The average Bonchev–Trinajstić information content (AvgIpc) is 3.07. The van der Waals surface area contributed by atoms with Gasteiger partial charge in [0.1, 0.15) is 23.3 Å². The normalized spacial score (nSPS) is 10.0. The van der Waals surface area contributed by atoms with Crippen LogP contribution in [0.25, 0.3) is 33.1 Å². The van der Waals surface area contributed by atoms with E-state index in [0.717, 1.165) is 21.9 Å². The van der Waals surface area contributed by atoms with Gasteiger partial charge >= 0.3 is 0 Å². The van der Waals surface area contributed by atoms with Crippen LogP contribution in [-0.2, 0) is 0 Å². The Morgan fingerprint density at radius 3 is 2.04 bits per heavy atom. The average molecular weight is 342 g/mol. The highest BCUT2D eigenvalue weighted by Crippen LogP contribution is 2.33. The SMILES string of the molecule is CC.N#Cc1cc(-c2ccc3c(c2)oc2ccccc23)cc(C#N)c1F. The molecule has 4 heteroatoms. The van der Waals surface area contributed by atoms with E-state index in [9.17, 15) is 4.39 Å². The molecule has 0 radical (unpaired) electrons. The Hall–Kier alpha value is -3.63. The van der Waals surface area contributed by atoms with Crippen molar-refractivity contribution in [2.75, 3.05) is 0 Å². The number of fused-ring (bicyclic) bond motifs is 3. The van der Waals surface area contributed by atoms with E-state index in [1.54, 1.807) is 12.1 Å². The maximum atomic E-state index is 13.9. The zero-order valence-corrected chi connectivity index (χ0v) is 14.4. The van der Waals surface area contributed by atoms with Crippen molar-refractivity contribution >= 4 is 21.9 Å². The van der Waals surface area contributed by atoms with Gasteiger partial charge in [-0.25, -0.2) is 4.39 Å². The highest BCUT2D eigenvalue weighted by atomic mass is 19.1. The summed E-state index contributed by atoms with van der Waals surface area (Å²) in [6, 6.07) is 19.8. The fraction of sp³-hybridized carbons (Fsp3) is 0.0909. The highest BCUT2D eigenvalue weighted by Gasteiger charge is 2.13. The minimum absolute atomic E-state index is 0.145. The van der Waals surface area contributed by atoms with Crippen molar-refractivity contribution in [2.24, 2.45) is 0 Å². The molecule has 0 bridgehead atoms. The Balaban J connectivity index is 0.000000948. The third kappa shape index (κ3) is 2.79. The molecule has 0 atom stereocenters. The molecule has 0 N–H and O–H groups in total. The lowest BCUT2D eigenvalue weighted by atomic mass is 9.99. The number of benzene rings is 3. The predicted molar refractivity (Wildman–Crippen MR) is 99.9 cm³/mol. The zero-order valence-electron chi connectivity index (χ0n) is 14.4. The molecule has 3 aromatic carbocycles. The standard InChI is InChI=1S/C20H9FN2O.C2H6/c21-20-14(10-22)7-13(8-15(20)11-23)12-5-6-17-16-3-1-2-4-18(16)24-19(17)9-12;1-2/h1-9H;1-2H3. The first kappa shape index (κ1) is 17.2. The summed E-state index contributed by atoms with van der Waals surface area (Å²) >= 11 is 0. The Bertz CT molecular complexity index is 1160. The molecule has 126 valence electrons. The van der Waals surface area contributed by atoms with Gasteiger partial charge in [0, 0.05) is 10.8 Å². The number of rotatable bonds is 1. The van der Waals surface area contributed by atoms with E-state index >= 15 is 0 Å². The summed E-state index contributed by atoms with van der Waals surface area (Å²) in [5.41, 5.74) is 2.57. The van der Waals surface area contributed by atoms with E-state index in [-0.39, 0.29) is 11.1 Å². The third-order valence-corrected chi connectivity index (χ3v) is 4.03. The fourth-order valence-electron chi connectivity index (χ4n) is 2.86. The van der Waals surface area contributed by atoms with E-state index in [4.69, 9.17) is 14.9 Å².